The second-order valence-corrected chi connectivity index (χ2v) is 8.52. The quantitative estimate of drug-likeness (QED) is 0.772. The molecule has 1 aromatic heterocycles. The smallest absolute Gasteiger partial charge is 0.123 e. The van der Waals surface area contributed by atoms with Gasteiger partial charge in [0.05, 0.1) is 21.7 Å². The Balaban J connectivity index is 1.64. The Morgan fingerprint density at radius 3 is 2.68 bits per heavy atom. The van der Waals surface area contributed by atoms with Crippen LogP contribution in [0, 0.1) is 5.82 Å². The van der Waals surface area contributed by atoms with E-state index in [1.54, 1.807) is 23.5 Å². The molecule has 2 aromatic rings. The van der Waals surface area contributed by atoms with Crippen LogP contribution < -0.4 is 0 Å². The van der Waals surface area contributed by atoms with E-state index in [9.17, 15) is 8.60 Å². The highest BCUT2D eigenvalue weighted by molar-refractivity contribution is 7.84. The highest BCUT2D eigenvalue weighted by Gasteiger charge is 2.21. The zero-order valence-electron chi connectivity index (χ0n) is 12.6. The molecule has 0 unspecified atom stereocenters. The predicted molar refractivity (Wildman–Crippen MR) is 90.0 cm³/mol. The van der Waals surface area contributed by atoms with Gasteiger partial charge < -0.3 is 0 Å². The lowest BCUT2D eigenvalue weighted by atomic mass is 10.1. The van der Waals surface area contributed by atoms with E-state index in [0.717, 1.165) is 11.3 Å². The van der Waals surface area contributed by atoms with Crippen molar-refractivity contribution in [2.24, 2.45) is 0 Å². The largest absolute Gasteiger partial charge is 0.259 e. The van der Waals surface area contributed by atoms with E-state index in [1.807, 2.05) is 12.3 Å². The monoisotopic (exact) mass is 337 g/mol. The van der Waals surface area contributed by atoms with E-state index in [4.69, 9.17) is 0 Å². The number of aromatic nitrogens is 1. The number of benzene rings is 1. The van der Waals surface area contributed by atoms with Gasteiger partial charge in [0.1, 0.15) is 5.82 Å². The number of nitrogens with zero attached hydrogens (tertiary/aromatic N) is 1. The average molecular weight is 337 g/mol. The summed E-state index contributed by atoms with van der Waals surface area (Å²) < 4.78 is 25.5. The first-order valence-corrected chi connectivity index (χ1v) is 9.96. The van der Waals surface area contributed by atoms with Crippen LogP contribution >= 0.6 is 11.3 Å². The normalized spacial score (nSPS) is 18.5. The van der Waals surface area contributed by atoms with Gasteiger partial charge in [0.15, 0.2) is 0 Å². The molecule has 0 aliphatic heterocycles. The summed E-state index contributed by atoms with van der Waals surface area (Å²) >= 11 is 1.70. The molecule has 1 fully saturated rings. The van der Waals surface area contributed by atoms with E-state index < -0.39 is 10.8 Å². The first kappa shape index (κ1) is 15.8. The molecule has 0 radical (unpaired) electrons. The third kappa shape index (κ3) is 3.63. The predicted octanol–water partition coefficient (Wildman–Crippen LogP) is 4.95. The van der Waals surface area contributed by atoms with Gasteiger partial charge in [0, 0.05) is 22.1 Å². The molecule has 1 aliphatic rings. The van der Waals surface area contributed by atoms with Crippen LogP contribution in [-0.4, -0.2) is 9.19 Å². The number of halogens is 1. The minimum Gasteiger partial charge on any atom is -0.259 e. The van der Waals surface area contributed by atoms with Crippen LogP contribution in [-0.2, 0) is 16.6 Å². The van der Waals surface area contributed by atoms with E-state index >= 15 is 0 Å². The van der Waals surface area contributed by atoms with Gasteiger partial charge in [-0.1, -0.05) is 25.0 Å². The Morgan fingerprint density at radius 2 is 2.00 bits per heavy atom. The summed E-state index contributed by atoms with van der Waals surface area (Å²) in [5.74, 6) is 0.825. The molecule has 2 atom stereocenters. The van der Waals surface area contributed by atoms with Crippen LogP contribution in [0.5, 0.6) is 0 Å². The molecule has 0 bridgehead atoms. The van der Waals surface area contributed by atoms with Gasteiger partial charge in [0.25, 0.3) is 0 Å². The van der Waals surface area contributed by atoms with Gasteiger partial charge in [0.2, 0.25) is 0 Å². The minimum absolute atomic E-state index is 0.114. The molecule has 0 amide bonds. The second-order valence-electron chi connectivity index (χ2n) is 5.88. The summed E-state index contributed by atoms with van der Waals surface area (Å²) in [7, 11) is -1.04. The van der Waals surface area contributed by atoms with Crippen molar-refractivity contribution in [3.63, 3.8) is 0 Å². The number of hydrogen-bond donors (Lipinski definition) is 0. The van der Waals surface area contributed by atoms with Crippen molar-refractivity contribution in [3.8, 4) is 0 Å². The third-order valence-electron chi connectivity index (χ3n) is 4.30. The maximum Gasteiger partial charge on any atom is 0.123 e. The average Bonchev–Trinajstić information content (AvgIpc) is 3.18. The summed E-state index contributed by atoms with van der Waals surface area (Å²) in [5, 5.41) is 3.14. The van der Waals surface area contributed by atoms with E-state index in [0.29, 0.717) is 11.7 Å². The van der Waals surface area contributed by atoms with Crippen molar-refractivity contribution in [3.05, 3.63) is 51.7 Å². The zero-order chi connectivity index (χ0) is 15.5. The van der Waals surface area contributed by atoms with Crippen molar-refractivity contribution < 1.29 is 8.60 Å². The second kappa shape index (κ2) is 7.01. The fourth-order valence-electron chi connectivity index (χ4n) is 2.91. The van der Waals surface area contributed by atoms with Gasteiger partial charge in [-0.25, -0.2) is 9.37 Å². The van der Waals surface area contributed by atoms with Gasteiger partial charge in [-0.3, -0.25) is 4.21 Å². The van der Waals surface area contributed by atoms with E-state index in [-0.39, 0.29) is 11.1 Å². The van der Waals surface area contributed by atoms with Crippen LogP contribution in [0.3, 0.4) is 0 Å². The summed E-state index contributed by atoms with van der Waals surface area (Å²) in [6.45, 7) is 1.92. The molecule has 22 heavy (non-hydrogen) atoms. The first-order valence-electron chi connectivity index (χ1n) is 7.70. The molecule has 1 heterocycles. The van der Waals surface area contributed by atoms with Gasteiger partial charge in [-0.2, -0.15) is 0 Å². The molecule has 0 saturated heterocycles. The molecule has 2 nitrogen and oxygen atoms in total. The number of hydrogen-bond acceptors (Lipinski definition) is 3. The molecule has 3 rings (SSSR count). The summed E-state index contributed by atoms with van der Waals surface area (Å²) in [4.78, 5) is 4.69. The van der Waals surface area contributed by atoms with Crippen molar-refractivity contribution >= 4 is 22.1 Å². The standard InChI is InChI=1S/C17H20FNOS2/c1-12(13-6-8-15(18)9-7-13)22(20)11-16-10-21-17(19-16)14-4-2-3-5-14/h6-10,12,14H,2-5,11H2,1H3/t12-,22+/m1/s1. The maximum atomic E-state index is 13.0. The molecule has 0 N–H and O–H groups in total. The SMILES string of the molecule is C[C@H](c1ccc(F)cc1)[S@@](=O)Cc1csc(C2CCCC2)n1. The molecule has 1 saturated carbocycles. The third-order valence-corrected chi connectivity index (χ3v) is 6.99. The van der Waals surface area contributed by atoms with Crippen LogP contribution in [0.4, 0.5) is 4.39 Å². The van der Waals surface area contributed by atoms with Gasteiger partial charge in [-0.05, 0) is 37.5 Å². The zero-order valence-corrected chi connectivity index (χ0v) is 14.3. The maximum absolute atomic E-state index is 13.0. The van der Waals surface area contributed by atoms with E-state index in [1.165, 1.54) is 42.8 Å². The van der Waals surface area contributed by atoms with Gasteiger partial charge in [-0.15, -0.1) is 11.3 Å². The molecule has 0 spiro atoms. The van der Waals surface area contributed by atoms with Crippen molar-refractivity contribution in [2.45, 2.75) is 49.5 Å². The van der Waals surface area contributed by atoms with Crippen molar-refractivity contribution in [2.75, 3.05) is 0 Å². The Bertz CT molecular complexity index is 647. The molecule has 118 valence electrons. The molecular weight excluding hydrogens is 317 g/mol. The lowest BCUT2D eigenvalue weighted by molar-refractivity contribution is 0.626. The van der Waals surface area contributed by atoms with Crippen LogP contribution in [0.2, 0.25) is 0 Å². The van der Waals surface area contributed by atoms with Gasteiger partial charge >= 0.3 is 0 Å². The summed E-state index contributed by atoms with van der Waals surface area (Å²) in [6, 6.07) is 6.26. The van der Waals surface area contributed by atoms with Crippen LogP contribution in [0.25, 0.3) is 0 Å². The summed E-state index contributed by atoms with van der Waals surface area (Å²) in [6.07, 6.45) is 5.07. The highest BCUT2D eigenvalue weighted by Crippen LogP contribution is 2.36. The topological polar surface area (TPSA) is 30.0 Å². The van der Waals surface area contributed by atoms with E-state index in [2.05, 4.69) is 4.98 Å². The first-order chi connectivity index (χ1) is 10.6. The Labute approximate surface area is 137 Å². The van der Waals surface area contributed by atoms with Crippen LogP contribution in [0.15, 0.2) is 29.6 Å². The number of rotatable bonds is 5. The Kier molecular flexibility index (Phi) is 5.03. The lowest BCUT2D eigenvalue weighted by Crippen LogP contribution is -2.06. The fraction of sp³-hybridized carbons (Fsp3) is 0.471. The summed E-state index contributed by atoms with van der Waals surface area (Å²) in [5.41, 5.74) is 1.84. The molecule has 1 aromatic carbocycles. The van der Waals surface area contributed by atoms with Crippen molar-refractivity contribution in [1.82, 2.24) is 4.98 Å². The molecule has 1 aliphatic carbocycles. The minimum atomic E-state index is -1.04. The highest BCUT2D eigenvalue weighted by atomic mass is 32.2. The Morgan fingerprint density at radius 1 is 1.32 bits per heavy atom. The molecule has 5 heteroatoms. The lowest BCUT2D eigenvalue weighted by Gasteiger charge is -2.11. The fourth-order valence-corrected chi connectivity index (χ4v) is 5.15. The van der Waals surface area contributed by atoms with Crippen LogP contribution in [0.1, 0.15) is 60.0 Å². The Hall–Kier alpha value is -1.07. The number of thiazole rings is 1. The molecular formula is C17H20FNOS2. The van der Waals surface area contributed by atoms with Crippen molar-refractivity contribution in [1.29, 1.82) is 0 Å².